The SMILES string of the molecule is CCNC(=S)N/N=C\c1cccc(OC(=O)c2ccc(Cl)cc2Cl)c1. The van der Waals surface area contributed by atoms with Crippen LogP contribution in [0, 0.1) is 0 Å². The van der Waals surface area contributed by atoms with Crippen molar-refractivity contribution in [2.24, 2.45) is 5.10 Å². The van der Waals surface area contributed by atoms with Crippen LogP contribution < -0.4 is 15.5 Å². The summed E-state index contributed by atoms with van der Waals surface area (Å²) >= 11 is 16.8. The molecule has 8 heteroatoms. The molecule has 0 fully saturated rings. The Morgan fingerprint density at radius 2 is 2.08 bits per heavy atom. The van der Waals surface area contributed by atoms with Crippen LogP contribution in [0.2, 0.25) is 10.0 Å². The van der Waals surface area contributed by atoms with Gasteiger partial charge in [-0.2, -0.15) is 5.10 Å². The molecule has 0 saturated carbocycles. The van der Waals surface area contributed by atoms with Gasteiger partial charge in [-0.15, -0.1) is 0 Å². The van der Waals surface area contributed by atoms with E-state index in [0.717, 1.165) is 5.56 Å². The van der Waals surface area contributed by atoms with Crippen LogP contribution in [-0.2, 0) is 0 Å². The van der Waals surface area contributed by atoms with Crippen molar-refractivity contribution in [2.75, 3.05) is 6.54 Å². The minimum absolute atomic E-state index is 0.233. The minimum Gasteiger partial charge on any atom is -0.423 e. The molecule has 5 nitrogen and oxygen atoms in total. The summed E-state index contributed by atoms with van der Waals surface area (Å²) in [7, 11) is 0. The number of rotatable bonds is 5. The van der Waals surface area contributed by atoms with E-state index in [1.807, 2.05) is 13.0 Å². The highest BCUT2D eigenvalue weighted by atomic mass is 35.5. The van der Waals surface area contributed by atoms with Crippen molar-refractivity contribution in [3.05, 3.63) is 63.6 Å². The number of nitrogens with zero attached hydrogens (tertiary/aromatic N) is 1. The van der Waals surface area contributed by atoms with Crippen molar-refractivity contribution in [1.82, 2.24) is 10.7 Å². The Labute approximate surface area is 161 Å². The van der Waals surface area contributed by atoms with Crippen molar-refractivity contribution in [3.63, 3.8) is 0 Å². The van der Waals surface area contributed by atoms with Gasteiger partial charge in [-0.05, 0) is 55.0 Å². The summed E-state index contributed by atoms with van der Waals surface area (Å²) in [5.74, 6) is -0.198. The molecular weight excluding hydrogens is 381 g/mol. The first-order chi connectivity index (χ1) is 12.0. The summed E-state index contributed by atoms with van der Waals surface area (Å²) in [6.45, 7) is 2.64. The van der Waals surface area contributed by atoms with Gasteiger partial charge in [0.05, 0.1) is 16.8 Å². The first-order valence-electron chi connectivity index (χ1n) is 7.34. The monoisotopic (exact) mass is 395 g/mol. The second-order valence-corrected chi connectivity index (χ2v) is 6.07. The standard InChI is InChI=1S/C17H15Cl2N3O2S/c1-2-20-17(25)22-21-10-11-4-3-5-13(8-11)24-16(23)14-7-6-12(18)9-15(14)19/h3-10H,2H2,1H3,(H2,20,22,25)/b21-10-. The third-order valence-corrected chi connectivity index (χ3v) is 3.72. The average Bonchev–Trinajstić information content (AvgIpc) is 2.55. The summed E-state index contributed by atoms with van der Waals surface area (Å²) in [4.78, 5) is 12.2. The second kappa shape index (κ2) is 9.36. The van der Waals surface area contributed by atoms with E-state index in [9.17, 15) is 4.79 Å². The zero-order valence-corrected chi connectivity index (χ0v) is 15.6. The van der Waals surface area contributed by atoms with Crippen molar-refractivity contribution in [1.29, 1.82) is 0 Å². The summed E-state index contributed by atoms with van der Waals surface area (Å²) in [5.41, 5.74) is 3.66. The topological polar surface area (TPSA) is 62.7 Å². The summed E-state index contributed by atoms with van der Waals surface area (Å²) in [6.07, 6.45) is 1.57. The van der Waals surface area contributed by atoms with E-state index in [4.69, 9.17) is 40.2 Å². The fourth-order valence-corrected chi connectivity index (χ4v) is 2.52. The van der Waals surface area contributed by atoms with E-state index in [1.54, 1.807) is 30.5 Å². The van der Waals surface area contributed by atoms with Gasteiger partial charge in [-0.25, -0.2) is 4.79 Å². The lowest BCUT2D eigenvalue weighted by Crippen LogP contribution is -2.31. The Morgan fingerprint density at radius 3 is 2.80 bits per heavy atom. The molecule has 2 rings (SSSR count). The number of ether oxygens (including phenoxy) is 1. The van der Waals surface area contributed by atoms with Crippen LogP contribution in [0.5, 0.6) is 5.75 Å². The first-order valence-corrected chi connectivity index (χ1v) is 8.50. The van der Waals surface area contributed by atoms with Gasteiger partial charge >= 0.3 is 5.97 Å². The smallest absolute Gasteiger partial charge is 0.345 e. The maximum absolute atomic E-state index is 12.2. The van der Waals surface area contributed by atoms with Gasteiger partial charge in [0.2, 0.25) is 0 Å². The van der Waals surface area contributed by atoms with E-state index in [0.29, 0.717) is 22.4 Å². The highest BCUT2D eigenvalue weighted by molar-refractivity contribution is 7.80. The van der Waals surface area contributed by atoms with E-state index in [-0.39, 0.29) is 10.6 Å². The number of carbonyl (C=O) groups is 1. The summed E-state index contributed by atoms with van der Waals surface area (Å²) in [5, 5.41) is 8.03. The first kappa shape index (κ1) is 19.2. The number of esters is 1. The number of hydrogen-bond acceptors (Lipinski definition) is 4. The van der Waals surface area contributed by atoms with Gasteiger partial charge < -0.3 is 10.1 Å². The molecule has 0 aliphatic rings. The molecule has 25 heavy (non-hydrogen) atoms. The number of halogens is 2. The molecule has 2 N–H and O–H groups in total. The van der Waals surface area contributed by atoms with Gasteiger partial charge in [-0.1, -0.05) is 35.3 Å². The van der Waals surface area contributed by atoms with Gasteiger partial charge in [0.1, 0.15) is 5.75 Å². The number of hydrogen-bond donors (Lipinski definition) is 2. The molecule has 0 radical (unpaired) electrons. The third kappa shape index (κ3) is 6.01. The zero-order chi connectivity index (χ0) is 18.2. The van der Waals surface area contributed by atoms with Crippen LogP contribution >= 0.6 is 35.4 Å². The van der Waals surface area contributed by atoms with Crippen LogP contribution in [0.4, 0.5) is 0 Å². The number of hydrazone groups is 1. The molecule has 130 valence electrons. The zero-order valence-electron chi connectivity index (χ0n) is 13.3. The largest absolute Gasteiger partial charge is 0.423 e. The molecule has 0 bridgehead atoms. The Hall–Kier alpha value is -2.15. The third-order valence-electron chi connectivity index (χ3n) is 2.94. The number of thiocarbonyl (C=S) groups is 1. The fourth-order valence-electron chi connectivity index (χ4n) is 1.84. The molecule has 0 spiro atoms. The number of nitrogens with one attached hydrogen (secondary N) is 2. The molecule has 0 heterocycles. The molecule has 0 aromatic heterocycles. The predicted octanol–water partition coefficient (Wildman–Crippen LogP) is 4.03. The summed E-state index contributed by atoms with van der Waals surface area (Å²) < 4.78 is 5.34. The van der Waals surface area contributed by atoms with E-state index >= 15 is 0 Å². The fraction of sp³-hybridized carbons (Fsp3) is 0.118. The molecule has 0 unspecified atom stereocenters. The van der Waals surface area contributed by atoms with Crippen LogP contribution in [0.1, 0.15) is 22.8 Å². The lowest BCUT2D eigenvalue weighted by molar-refractivity contribution is 0.0735. The molecule has 0 saturated heterocycles. The maximum Gasteiger partial charge on any atom is 0.345 e. The molecule has 2 aromatic rings. The van der Waals surface area contributed by atoms with E-state index in [2.05, 4.69) is 15.8 Å². The van der Waals surface area contributed by atoms with Crippen molar-refractivity contribution >= 4 is 52.7 Å². The van der Waals surface area contributed by atoms with E-state index < -0.39 is 5.97 Å². The van der Waals surface area contributed by atoms with Crippen LogP contribution in [0.25, 0.3) is 0 Å². The lowest BCUT2D eigenvalue weighted by Gasteiger charge is -2.07. The normalized spacial score (nSPS) is 10.5. The van der Waals surface area contributed by atoms with Crippen LogP contribution in [-0.4, -0.2) is 23.8 Å². The lowest BCUT2D eigenvalue weighted by atomic mass is 10.2. The Morgan fingerprint density at radius 1 is 1.28 bits per heavy atom. The van der Waals surface area contributed by atoms with Gasteiger partial charge in [0, 0.05) is 11.6 Å². The average molecular weight is 396 g/mol. The second-order valence-electron chi connectivity index (χ2n) is 4.82. The number of benzene rings is 2. The van der Waals surface area contributed by atoms with E-state index in [1.165, 1.54) is 12.1 Å². The molecule has 0 aliphatic carbocycles. The van der Waals surface area contributed by atoms with Crippen LogP contribution in [0.15, 0.2) is 47.6 Å². The Kier molecular flexibility index (Phi) is 7.18. The number of carbonyl (C=O) groups excluding carboxylic acids is 1. The molecule has 2 aromatic carbocycles. The maximum atomic E-state index is 12.2. The van der Waals surface area contributed by atoms with Crippen molar-refractivity contribution < 1.29 is 9.53 Å². The van der Waals surface area contributed by atoms with Gasteiger partial charge in [0.25, 0.3) is 0 Å². The highest BCUT2D eigenvalue weighted by Crippen LogP contribution is 2.23. The van der Waals surface area contributed by atoms with Gasteiger partial charge in [0.15, 0.2) is 5.11 Å². The molecular formula is C17H15Cl2N3O2S. The van der Waals surface area contributed by atoms with Crippen molar-refractivity contribution in [3.8, 4) is 5.75 Å². The quantitative estimate of drug-likeness (QED) is 0.263. The minimum atomic E-state index is -0.567. The van der Waals surface area contributed by atoms with Crippen molar-refractivity contribution in [2.45, 2.75) is 6.92 Å². The van der Waals surface area contributed by atoms with Crippen LogP contribution in [0.3, 0.4) is 0 Å². The highest BCUT2D eigenvalue weighted by Gasteiger charge is 2.13. The predicted molar refractivity (Wildman–Crippen MR) is 105 cm³/mol. The van der Waals surface area contributed by atoms with Gasteiger partial charge in [-0.3, -0.25) is 5.43 Å². The Balaban J connectivity index is 2.04. The summed E-state index contributed by atoms with van der Waals surface area (Å²) in [6, 6.07) is 11.5. The molecule has 0 amide bonds. The molecule has 0 aliphatic heterocycles. The Bertz CT molecular complexity index is 812. The molecule has 0 atom stereocenters.